The predicted molar refractivity (Wildman–Crippen MR) is 290 cm³/mol. The topological polar surface area (TPSA) is 23.8 Å². The van der Waals surface area contributed by atoms with Gasteiger partial charge in [0.15, 0.2) is 0 Å². The quantitative estimate of drug-likeness (QED) is 0.149. The maximum absolute atomic E-state index is 5.71. The van der Waals surface area contributed by atoms with E-state index in [0.717, 1.165) is 45.4 Å². The van der Waals surface area contributed by atoms with Crippen molar-refractivity contribution in [3.63, 3.8) is 0 Å². The van der Waals surface area contributed by atoms with Gasteiger partial charge in [-0.3, -0.25) is 0 Å². The molecule has 4 nitrogen and oxygen atoms in total. The van der Waals surface area contributed by atoms with Gasteiger partial charge in [0, 0.05) is 45.8 Å². The highest BCUT2D eigenvalue weighted by Gasteiger charge is 2.54. The second kappa shape index (κ2) is 16.1. The molecule has 12 rings (SSSR count). The summed E-state index contributed by atoms with van der Waals surface area (Å²) >= 11 is 0. The largest absolute Gasteiger partial charge is 0.311 e. The lowest BCUT2D eigenvalue weighted by Gasteiger charge is -2.47. The Morgan fingerprint density at radius 2 is 1.10 bits per heavy atom. The van der Waals surface area contributed by atoms with E-state index in [9.17, 15) is 0 Å². The molecule has 0 radical (unpaired) electrons. The fourth-order valence-corrected chi connectivity index (χ4v) is 11.3. The van der Waals surface area contributed by atoms with Gasteiger partial charge < -0.3 is 14.2 Å². The molecule has 69 heavy (non-hydrogen) atoms. The zero-order valence-electron chi connectivity index (χ0n) is 40.2. The molecular formula is C64H55BN4. The molecular weight excluding hydrogens is 836 g/mol. The number of aromatic nitrogens is 2. The van der Waals surface area contributed by atoms with E-state index >= 15 is 0 Å². The van der Waals surface area contributed by atoms with Crippen molar-refractivity contribution in [1.82, 2.24) is 9.38 Å². The minimum atomic E-state index is -0.677. The summed E-state index contributed by atoms with van der Waals surface area (Å²) in [7, 11) is 0. The maximum Gasteiger partial charge on any atom is 0.272 e. The van der Waals surface area contributed by atoms with Crippen molar-refractivity contribution in [3.05, 3.63) is 258 Å². The maximum atomic E-state index is 5.71. The molecule has 0 aliphatic carbocycles. The van der Waals surface area contributed by atoms with Crippen LogP contribution in [0.5, 0.6) is 0 Å². The van der Waals surface area contributed by atoms with Crippen LogP contribution in [-0.2, 0) is 16.2 Å². The number of imidazole rings is 1. The first-order chi connectivity index (χ1) is 33.5. The average molecular weight is 891 g/mol. The highest BCUT2D eigenvalue weighted by molar-refractivity contribution is 6.98. The summed E-state index contributed by atoms with van der Waals surface area (Å²) < 4.78 is 2.36. The Kier molecular flexibility index (Phi) is 9.93. The fraction of sp³-hybridized carbons (Fsp3) is 0.141. The first-order valence-corrected chi connectivity index (χ1v) is 24.3. The van der Waals surface area contributed by atoms with Crippen molar-refractivity contribution in [2.75, 3.05) is 9.80 Å². The molecule has 0 unspecified atom stereocenters. The van der Waals surface area contributed by atoms with Crippen LogP contribution in [0.2, 0.25) is 0 Å². The zero-order chi connectivity index (χ0) is 47.1. The van der Waals surface area contributed by atoms with Gasteiger partial charge >= 0.3 is 0 Å². The van der Waals surface area contributed by atoms with Crippen molar-refractivity contribution in [2.45, 2.75) is 57.8 Å². The Bertz CT molecular complexity index is 3470. The summed E-state index contributed by atoms with van der Waals surface area (Å²) in [6.45, 7) is 13.6. The predicted octanol–water partition coefficient (Wildman–Crippen LogP) is 14.1. The van der Waals surface area contributed by atoms with E-state index in [1.165, 1.54) is 55.6 Å². The summed E-state index contributed by atoms with van der Waals surface area (Å²) in [5.41, 5.74) is 20.3. The van der Waals surface area contributed by atoms with Crippen molar-refractivity contribution < 1.29 is 0 Å². The molecule has 0 fully saturated rings. The molecule has 10 aromatic rings. The molecule has 8 aromatic carbocycles. The van der Waals surface area contributed by atoms with Gasteiger partial charge in [0.2, 0.25) is 0 Å². The molecule has 0 spiro atoms. The molecule has 0 bridgehead atoms. The van der Waals surface area contributed by atoms with Crippen LogP contribution in [0.3, 0.4) is 0 Å². The van der Waals surface area contributed by atoms with Gasteiger partial charge in [-0.2, -0.15) is 0 Å². The van der Waals surface area contributed by atoms with Crippen LogP contribution in [0.4, 0.5) is 34.1 Å². The molecule has 4 heterocycles. The Labute approximate surface area is 407 Å². The molecule has 0 amide bonds. The highest BCUT2D eigenvalue weighted by Crippen LogP contribution is 2.51. The Hall–Kier alpha value is -7.89. The van der Waals surface area contributed by atoms with Gasteiger partial charge in [-0.05, 0) is 122 Å². The lowest BCUT2D eigenvalue weighted by Crippen LogP contribution is -2.65. The van der Waals surface area contributed by atoms with Crippen molar-refractivity contribution >= 4 is 63.0 Å². The molecule has 334 valence electrons. The monoisotopic (exact) mass is 890 g/mol. The molecule has 5 heteroatoms. The van der Waals surface area contributed by atoms with E-state index < -0.39 is 5.41 Å². The van der Waals surface area contributed by atoms with E-state index in [1.54, 1.807) is 0 Å². The number of hydrogen-bond acceptors (Lipinski definition) is 3. The molecule has 0 atom stereocenters. The SMILES string of the molecule is CC(C)(C)c1ccc(N(c2ccc3c(c2)N(c2ccccc2)c2cccc4c2B3c2nc3ccccn3c2C4(c2ccccc2)c2ccccc2)c2ccc(C(C)(C)C)cc2-c2ccccc2)cc1. The van der Waals surface area contributed by atoms with Gasteiger partial charge in [-0.15, -0.1) is 0 Å². The lowest BCUT2D eigenvalue weighted by atomic mass is 9.31. The highest BCUT2D eigenvalue weighted by atomic mass is 15.2. The van der Waals surface area contributed by atoms with Gasteiger partial charge in [0.25, 0.3) is 6.71 Å². The van der Waals surface area contributed by atoms with E-state index in [4.69, 9.17) is 4.98 Å². The van der Waals surface area contributed by atoms with Crippen molar-refractivity contribution in [1.29, 1.82) is 0 Å². The average Bonchev–Trinajstić information content (AvgIpc) is 3.77. The van der Waals surface area contributed by atoms with E-state index in [0.29, 0.717) is 0 Å². The summed E-state index contributed by atoms with van der Waals surface area (Å²) in [5, 5.41) is 0. The molecule has 0 N–H and O–H groups in total. The minimum Gasteiger partial charge on any atom is -0.311 e. The van der Waals surface area contributed by atoms with Crippen LogP contribution in [-0.4, -0.2) is 16.1 Å². The number of hydrogen-bond donors (Lipinski definition) is 0. The third-order valence-corrected chi connectivity index (χ3v) is 14.6. The van der Waals surface area contributed by atoms with Gasteiger partial charge in [-0.25, -0.2) is 4.98 Å². The van der Waals surface area contributed by atoms with E-state index in [1.807, 2.05) is 0 Å². The second-order valence-corrected chi connectivity index (χ2v) is 20.8. The summed E-state index contributed by atoms with van der Waals surface area (Å²) in [6.07, 6.45) is 2.21. The van der Waals surface area contributed by atoms with E-state index in [2.05, 4.69) is 280 Å². The number of rotatable bonds is 7. The minimum absolute atomic E-state index is 0.0105. The third kappa shape index (κ3) is 6.77. The Balaban J connectivity index is 1.16. The van der Waals surface area contributed by atoms with Crippen LogP contribution in [0.1, 0.15) is 75.1 Å². The van der Waals surface area contributed by atoms with Crippen LogP contribution in [0.25, 0.3) is 16.8 Å². The Morgan fingerprint density at radius 1 is 0.507 bits per heavy atom. The third-order valence-electron chi connectivity index (χ3n) is 14.6. The summed E-state index contributed by atoms with van der Waals surface area (Å²) in [5.74, 6) is 0. The van der Waals surface area contributed by atoms with Crippen LogP contribution >= 0.6 is 0 Å². The molecule has 2 aliphatic heterocycles. The van der Waals surface area contributed by atoms with Crippen LogP contribution in [0, 0.1) is 0 Å². The number of para-hydroxylation sites is 1. The smallest absolute Gasteiger partial charge is 0.272 e. The molecule has 0 saturated carbocycles. The standard InChI is InChI=1S/C64H55BN4/c1-62(2,3)45-33-36-50(37-34-45)68(55-40-35-48(63(4,5)6)42-52(55)44-22-11-7-12-23-44)51-38-39-54-57(43-51)69(49-28-17-10-18-29-49)56-31-21-30-53-59(56)65(54)61-60(67-41-20-19-32-58(67)66-61)64(53,46-24-13-8-14-25-46)47-26-15-9-16-27-47/h7-43H,1-6H3. The first kappa shape index (κ1) is 42.5. The van der Waals surface area contributed by atoms with Gasteiger partial charge in [0.05, 0.1) is 16.8 Å². The second-order valence-electron chi connectivity index (χ2n) is 20.8. The molecule has 2 aliphatic rings. The molecule has 2 aromatic heterocycles. The van der Waals surface area contributed by atoms with Gasteiger partial charge in [-0.1, -0.05) is 193 Å². The summed E-state index contributed by atoms with van der Waals surface area (Å²) in [4.78, 5) is 10.7. The van der Waals surface area contributed by atoms with Crippen molar-refractivity contribution in [2.24, 2.45) is 0 Å². The molecule has 0 saturated heterocycles. The van der Waals surface area contributed by atoms with E-state index in [-0.39, 0.29) is 17.5 Å². The Morgan fingerprint density at radius 3 is 1.75 bits per heavy atom. The normalized spacial score (nSPS) is 13.7. The lowest BCUT2D eigenvalue weighted by molar-refractivity contribution is 0.590. The first-order valence-electron chi connectivity index (χ1n) is 24.3. The number of pyridine rings is 1. The van der Waals surface area contributed by atoms with Crippen LogP contribution < -0.4 is 26.3 Å². The zero-order valence-corrected chi connectivity index (χ0v) is 40.2. The van der Waals surface area contributed by atoms with Crippen LogP contribution in [0.15, 0.2) is 225 Å². The number of nitrogens with zero attached hydrogens (tertiary/aromatic N) is 4. The van der Waals surface area contributed by atoms with Crippen molar-refractivity contribution in [3.8, 4) is 11.1 Å². The number of benzene rings is 8. The fourth-order valence-electron chi connectivity index (χ4n) is 11.3. The summed E-state index contributed by atoms with van der Waals surface area (Å²) in [6, 6.07) is 80.9. The van der Waals surface area contributed by atoms with Gasteiger partial charge in [0.1, 0.15) is 5.65 Å². The number of anilines is 6. The number of fused-ring (bicyclic) bond motifs is 6.